The lowest BCUT2D eigenvalue weighted by Crippen LogP contribution is -2.65. The highest BCUT2D eigenvalue weighted by atomic mass is 16.5. The summed E-state index contributed by atoms with van der Waals surface area (Å²) in [6, 6.07) is 7.66. The fraction of sp³-hybridized carbons (Fsp3) is 0.500. The number of nitrogens with zero attached hydrogens (tertiary/aromatic N) is 2. The molecule has 2 N–H and O–H groups in total. The zero-order chi connectivity index (χ0) is 18.3. The second-order valence-electron chi connectivity index (χ2n) is 7.43. The Labute approximate surface area is 153 Å². The number of hydrogen-bond donors (Lipinski definition) is 2. The van der Waals surface area contributed by atoms with Crippen molar-refractivity contribution in [3.8, 4) is 5.82 Å². The summed E-state index contributed by atoms with van der Waals surface area (Å²) >= 11 is 0. The first-order valence-electron chi connectivity index (χ1n) is 9.20. The fourth-order valence-electron chi connectivity index (χ4n) is 4.47. The van der Waals surface area contributed by atoms with Gasteiger partial charge in [-0.2, -0.15) is 0 Å². The van der Waals surface area contributed by atoms with Gasteiger partial charge in [-0.05, 0) is 51.3 Å². The molecule has 26 heavy (non-hydrogen) atoms. The lowest BCUT2D eigenvalue weighted by atomic mass is 9.58. The van der Waals surface area contributed by atoms with Crippen LogP contribution < -0.4 is 5.32 Å². The third-order valence-corrected chi connectivity index (χ3v) is 6.10. The molecule has 138 valence electrons. The van der Waals surface area contributed by atoms with Crippen molar-refractivity contribution in [1.82, 2.24) is 14.9 Å². The van der Waals surface area contributed by atoms with Crippen LogP contribution in [0.4, 0.5) is 0 Å². The highest BCUT2D eigenvalue weighted by Gasteiger charge is 2.55. The van der Waals surface area contributed by atoms with Crippen molar-refractivity contribution in [3.63, 3.8) is 0 Å². The van der Waals surface area contributed by atoms with E-state index in [1.165, 1.54) is 0 Å². The van der Waals surface area contributed by atoms with E-state index in [0.717, 1.165) is 30.0 Å². The van der Waals surface area contributed by atoms with Crippen LogP contribution in [0.2, 0.25) is 0 Å². The van der Waals surface area contributed by atoms with Crippen LogP contribution in [0.3, 0.4) is 0 Å². The number of aliphatic hydroxyl groups is 1. The summed E-state index contributed by atoms with van der Waals surface area (Å²) in [6.07, 6.45) is 3.61. The zero-order valence-electron chi connectivity index (χ0n) is 15.2. The van der Waals surface area contributed by atoms with Gasteiger partial charge in [0.1, 0.15) is 5.82 Å². The third kappa shape index (κ3) is 2.64. The van der Waals surface area contributed by atoms with E-state index in [1.807, 2.05) is 42.7 Å². The van der Waals surface area contributed by atoms with Gasteiger partial charge in [-0.15, -0.1) is 0 Å². The van der Waals surface area contributed by atoms with Crippen LogP contribution in [0, 0.1) is 19.3 Å². The highest BCUT2D eigenvalue weighted by Crippen LogP contribution is 2.49. The molecule has 2 aromatic heterocycles. The summed E-state index contributed by atoms with van der Waals surface area (Å²) in [4.78, 5) is 17.3. The molecule has 2 aliphatic rings. The predicted octanol–water partition coefficient (Wildman–Crippen LogP) is 2.15. The van der Waals surface area contributed by atoms with E-state index in [0.29, 0.717) is 25.2 Å². The summed E-state index contributed by atoms with van der Waals surface area (Å²) in [5.41, 5.74) is 2.29. The van der Waals surface area contributed by atoms with Crippen molar-refractivity contribution in [2.45, 2.75) is 45.3 Å². The van der Waals surface area contributed by atoms with E-state index in [2.05, 4.69) is 10.3 Å². The van der Waals surface area contributed by atoms with E-state index in [9.17, 15) is 9.90 Å². The van der Waals surface area contributed by atoms with Crippen molar-refractivity contribution in [2.75, 3.05) is 13.2 Å². The maximum absolute atomic E-state index is 12.9. The van der Waals surface area contributed by atoms with Gasteiger partial charge in [0.05, 0.1) is 11.7 Å². The Bertz CT molecular complexity index is 809. The minimum Gasteiger partial charge on any atom is -0.392 e. The van der Waals surface area contributed by atoms with Crippen LogP contribution in [-0.2, 0) is 4.74 Å². The standard InChI is InChI=1S/C20H25N3O3/c1-13-11-15(14(2)23(13)18-5-3-4-8-21-18)19(25)22-16-12-17(24)20(16)6-9-26-10-7-20/h3-5,8,11,16-17,24H,6-7,9-10,12H2,1-2H3,(H,22,25)/t16-,17-/m1/s1. The highest BCUT2D eigenvalue weighted by molar-refractivity contribution is 5.96. The molecule has 1 saturated heterocycles. The Balaban J connectivity index is 1.56. The predicted molar refractivity (Wildman–Crippen MR) is 97.4 cm³/mol. The second kappa shape index (κ2) is 6.52. The number of pyridine rings is 1. The molecule has 1 saturated carbocycles. The van der Waals surface area contributed by atoms with Crippen molar-refractivity contribution in [3.05, 3.63) is 47.4 Å². The molecule has 1 aliphatic carbocycles. The molecule has 6 heteroatoms. The number of aromatic nitrogens is 2. The first kappa shape index (κ1) is 17.2. The molecular formula is C20H25N3O3. The molecular weight excluding hydrogens is 330 g/mol. The quantitative estimate of drug-likeness (QED) is 0.884. The number of carbonyl (C=O) groups is 1. The van der Waals surface area contributed by atoms with Gasteiger partial charge in [0.25, 0.3) is 5.91 Å². The number of hydrogen-bond acceptors (Lipinski definition) is 4. The SMILES string of the molecule is Cc1cc(C(=O)N[C@@H]2C[C@@H](O)C23CCOCC3)c(C)n1-c1ccccn1. The molecule has 1 spiro atoms. The molecule has 2 fully saturated rings. The van der Waals surface area contributed by atoms with Gasteiger partial charge in [-0.25, -0.2) is 4.98 Å². The molecule has 6 nitrogen and oxygen atoms in total. The largest absolute Gasteiger partial charge is 0.392 e. The smallest absolute Gasteiger partial charge is 0.253 e. The number of aliphatic hydroxyl groups excluding tert-OH is 1. The van der Waals surface area contributed by atoms with E-state index in [-0.39, 0.29) is 23.5 Å². The van der Waals surface area contributed by atoms with Crippen LogP contribution in [0.5, 0.6) is 0 Å². The topological polar surface area (TPSA) is 76.4 Å². The van der Waals surface area contributed by atoms with E-state index < -0.39 is 0 Å². The van der Waals surface area contributed by atoms with Crippen LogP contribution in [0.15, 0.2) is 30.5 Å². The zero-order valence-corrected chi connectivity index (χ0v) is 15.2. The summed E-state index contributed by atoms with van der Waals surface area (Å²) in [5, 5.41) is 13.5. The third-order valence-electron chi connectivity index (χ3n) is 6.10. The average molecular weight is 355 g/mol. The fourth-order valence-corrected chi connectivity index (χ4v) is 4.47. The van der Waals surface area contributed by atoms with E-state index in [1.54, 1.807) is 6.20 Å². The molecule has 0 radical (unpaired) electrons. The number of rotatable bonds is 3. The Morgan fingerprint density at radius 3 is 2.77 bits per heavy atom. The van der Waals surface area contributed by atoms with Crippen LogP contribution in [0.25, 0.3) is 5.82 Å². The van der Waals surface area contributed by atoms with Crippen molar-refractivity contribution < 1.29 is 14.6 Å². The Hall–Kier alpha value is -2.18. The molecule has 2 aromatic rings. The summed E-state index contributed by atoms with van der Waals surface area (Å²) < 4.78 is 7.43. The first-order valence-corrected chi connectivity index (χ1v) is 9.20. The van der Waals surface area contributed by atoms with Crippen LogP contribution in [-0.4, -0.2) is 45.9 Å². The number of carbonyl (C=O) groups excluding carboxylic acids is 1. The number of aryl methyl sites for hydroxylation is 1. The molecule has 2 atom stereocenters. The van der Waals surface area contributed by atoms with Crippen LogP contribution >= 0.6 is 0 Å². The maximum atomic E-state index is 12.9. The number of nitrogens with one attached hydrogen (secondary N) is 1. The Morgan fingerprint density at radius 2 is 2.12 bits per heavy atom. The van der Waals surface area contributed by atoms with Crippen molar-refractivity contribution >= 4 is 5.91 Å². The second-order valence-corrected chi connectivity index (χ2v) is 7.43. The number of amides is 1. The monoisotopic (exact) mass is 355 g/mol. The molecule has 4 rings (SSSR count). The van der Waals surface area contributed by atoms with Gasteiger partial charge in [0.2, 0.25) is 0 Å². The van der Waals surface area contributed by atoms with Gasteiger partial charge in [-0.1, -0.05) is 6.07 Å². The molecule has 0 unspecified atom stereocenters. The Kier molecular flexibility index (Phi) is 4.32. The van der Waals surface area contributed by atoms with Gasteiger partial charge in [0, 0.05) is 42.3 Å². The molecule has 0 aromatic carbocycles. The van der Waals surface area contributed by atoms with Crippen molar-refractivity contribution in [1.29, 1.82) is 0 Å². The summed E-state index contributed by atoms with van der Waals surface area (Å²) in [6.45, 7) is 5.22. The van der Waals surface area contributed by atoms with Gasteiger partial charge < -0.3 is 19.7 Å². The normalized spacial score (nSPS) is 24.3. The minimum atomic E-state index is -0.349. The Morgan fingerprint density at radius 1 is 1.35 bits per heavy atom. The van der Waals surface area contributed by atoms with Gasteiger partial charge >= 0.3 is 0 Å². The lowest BCUT2D eigenvalue weighted by Gasteiger charge is -2.55. The molecule has 0 bridgehead atoms. The maximum Gasteiger partial charge on any atom is 0.253 e. The van der Waals surface area contributed by atoms with E-state index >= 15 is 0 Å². The van der Waals surface area contributed by atoms with Gasteiger partial charge in [-0.3, -0.25) is 4.79 Å². The molecule has 3 heterocycles. The first-order chi connectivity index (χ1) is 12.5. The van der Waals surface area contributed by atoms with Crippen molar-refractivity contribution in [2.24, 2.45) is 5.41 Å². The van der Waals surface area contributed by atoms with E-state index in [4.69, 9.17) is 4.74 Å². The van der Waals surface area contributed by atoms with Gasteiger partial charge in [0.15, 0.2) is 0 Å². The molecule has 1 amide bonds. The number of ether oxygens (including phenoxy) is 1. The summed E-state index contributed by atoms with van der Waals surface area (Å²) in [5.74, 6) is 0.726. The average Bonchev–Trinajstić information content (AvgIpc) is 2.97. The summed E-state index contributed by atoms with van der Waals surface area (Å²) in [7, 11) is 0. The minimum absolute atomic E-state index is 0.00630. The van der Waals surface area contributed by atoms with Crippen LogP contribution in [0.1, 0.15) is 41.0 Å². The lowest BCUT2D eigenvalue weighted by molar-refractivity contribution is -0.145. The molecule has 1 aliphatic heterocycles.